The topological polar surface area (TPSA) is 79.5 Å². The van der Waals surface area contributed by atoms with E-state index in [1.165, 1.54) is 12.8 Å². The second-order valence-electron chi connectivity index (χ2n) is 7.40. The van der Waals surface area contributed by atoms with Crippen LogP contribution in [0.15, 0.2) is 4.42 Å². The Balaban J connectivity index is 1.44. The predicted molar refractivity (Wildman–Crippen MR) is 89.4 cm³/mol. The summed E-state index contributed by atoms with van der Waals surface area (Å²) in [6.07, 6.45) is 9.45. The summed E-state index contributed by atoms with van der Waals surface area (Å²) in [5, 5.41) is 18.3. The van der Waals surface area contributed by atoms with E-state index in [-0.39, 0.29) is 17.9 Å². The first-order chi connectivity index (χ1) is 11.6. The smallest absolute Gasteiger partial charge is 0.222 e. The Morgan fingerprint density at radius 3 is 2.62 bits per heavy atom. The van der Waals surface area contributed by atoms with Crippen LogP contribution in [0, 0.1) is 5.92 Å². The molecule has 0 aliphatic heterocycles. The highest BCUT2D eigenvalue weighted by molar-refractivity contribution is 5.76. The average Bonchev–Trinajstić information content (AvgIpc) is 3.25. The average molecular weight is 335 g/mol. The first-order valence-electron chi connectivity index (χ1n) is 9.38. The second kappa shape index (κ2) is 8.10. The summed E-state index contributed by atoms with van der Waals surface area (Å²) in [4.78, 5) is 14.1. The highest BCUT2D eigenvalue weighted by Gasteiger charge is 2.26. The summed E-state index contributed by atoms with van der Waals surface area (Å²) in [5.41, 5.74) is 0. The maximum absolute atomic E-state index is 12.3. The van der Waals surface area contributed by atoms with Crippen LogP contribution in [-0.2, 0) is 11.2 Å². The van der Waals surface area contributed by atoms with Crippen molar-refractivity contribution in [1.29, 1.82) is 0 Å². The summed E-state index contributed by atoms with van der Waals surface area (Å²) < 4.78 is 5.73. The zero-order chi connectivity index (χ0) is 16.9. The second-order valence-corrected chi connectivity index (χ2v) is 7.40. The largest absolute Gasteiger partial charge is 0.425 e. The Kier molecular flexibility index (Phi) is 5.87. The van der Waals surface area contributed by atoms with Crippen LogP contribution in [0.5, 0.6) is 0 Å². The molecule has 0 radical (unpaired) electrons. The van der Waals surface area contributed by atoms with Crippen molar-refractivity contribution in [1.82, 2.24) is 15.1 Å². The van der Waals surface area contributed by atoms with Crippen LogP contribution in [0.1, 0.15) is 75.5 Å². The molecule has 6 heteroatoms. The van der Waals surface area contributed by atoms with Crippen molar-refractivity contribution in [2.24, 2.45) is 5.92 Å². The lowest BCUT2D eigenvalue weighted by Gasteiger charge is -2.31. The molecule has 2 atom stereocenters. The maximum Gasteiger partial charge on any atom is 0.222 e. The number of aromatic nitrogens is 2. The molecule has 0 saturated heterocycles. The molecule has 2 unspecified atom stereocenters. The lowest BCUT2D eigenvalue weighted by Crippen LogP contribution is -2.38. The number of nitrogens with zero attached hydrogens (tertiary/aromatic N) is 3. The Morgan fingerprint density at radius 2 is 1.88 bits per heavy atom. The molecule has 0 bridgehead atoms. The Bertz CT molecular complexity index is 539. The summed E-state index contributed by atoms with van der Waals surface area (Å²) in [7, 11) is 1.82. The van der Waals surface area contributed by atoms with Crippen molar-refractivity contribution in [3.63, 3.8) is 0 Å². The number of carbonyl (C=O) groups is 1. The summed E-state index contributed by atoms with van der Waals surface area (Å²) >= 11 is 0. The Hall–Kier alpha value is -1.43. The quantitative estimate of drug-likeness (QED) is 0.864. The zero-order valence-corrected chi connectivity index (χ0v) is 14.6. The number of carbonyl (C=O) groups excluding carboxylic acids is 1. The lowest BCUT2D eigenvalue weighted by atomic mass is 9.86. The minimum atomic E-state index is -0.265. The summed E-state index contributed by atoms with van der Waals surface area (Å²) in [6, 6.07) is 0. The first-order valence-corrected chi connectivity index (χ1v) is 9.38. The van der Waals surface area contributed by atoms with Gasteiger partial charge in [-0.2, -0.15) is 0 Å². The molecule has 1 aromatic heterocycles. The fourth-order valence-corrected chi connectivity index (χ4v) is 3.96. The molecule has 24 heavy (non-hydrogen) atoms. The highest BCUT2D eigenvalue weighted by atomic mass is 16.4. The summed E-state index contributed by atoms with van der Waals surface area (Å²) in [5.74, 6) is 2.01. The van der Waals surface area contributed by atoms with Gasteiger partial charge in [0.25, 0.3) is 0 Å². The fraction of sp³-hybridized carbons (Fsp3) is 0.833. The van der Waals surface area contributed by atoms with Crippen molar-refractivity contribution in [2.75, 3.05) is 13.6 Å². The number of hydrogen-bond acceptors (Lipinski definition) is 5. The van der Waals surface area contributed by atoms with Crippen molar-refractivity contribution < 1.29 is 14.3 Å². The van der Waals surface area contributed by atoms with Crippen LogP contribution in [0.3, 0.4) is 0 Å². The van der Waals surface area contributed by atoms with E-state index in [1.54, 1.807) is 4.90 Å². The third-order valence-electron chi connectivity index (χ3n) is 5.54. The third-order valence-corrected chi connectivity index (χ3v) is 5.54. The van der Waals surface area contributed by atoms with Gasteiger partial charge in [-0.1, -0.05) is 25.7 Å². The van der Waals surface area contributed by atoms with Gasteiger partial charge in [0.1, 0.15) is 0 Å². The minimum Gasteiger partial charge on any atom is -0.425 e. The van der Waals surface area contributed by atoms with Gasteiger partial charge >= 0.3 is 0 Å². The number of amides is 1. The fourth-order valence-electron chi connectivity index (χ4n) is 3.96. The Morgan fingerprint density at radius 1 is 1.17 bits per heavy atom. The number of hydrogen-bond donors (Lipinski definition) is 1. The van der Waals surface area contributed by atoms with E-state index >= 15 is 0 Å². The van der Waals surface area contributed by atoms with Crippen LogP contribution < -0.4 is 0 Å². The van der Waals surface area contributed by atoms with Crippen LogP contribution in [-0.4, -0.2) is 45.8 Å². The molecular weight excluding hydrogens is 306 g/mol. The molecule has 2 saturated carbocycles. The van der Waals surface area contributed by atoms with Crippen molar-refractivity contribution in [2.45, 2.75) is 76.2 Å². The van der Waals surface area contributed by atoms with E-state index in [9.17, 15) is 9.90 Å². The van der Waals surface area contributed by atoms with Gasteiger partial charge in [0, 0.05) is 38.3 Å². The molecule has 1 N–H and O–H groups in total. The van der Waals surface area contributed by atoms with E-state index in [4.69, 9.17) is 4.42 Å². The molecule has 1 aromatic rings. The first kappa shape index (κ1) is 17.4. The molecule has 2 aliphatic rings. The molecule has 0 spiro atoms. The lowest BCUT2D eigenvalue weighted by molar-refractivity contribution is -0.131. The summed E-state index contributed by atoms with van der Waals surface area (Å²) in [6.45, 7) is 0.636. The number of aliphatic hydroxyl groups is 1. The van der Waals surface area contributed by atoms with Crippen molar-refractivity contribution >= 4 is 5.91 Å². The van der Waals surface area contributed by atoms with E-state index < -0.39 is 0 Å². The third kappa shape index (κ3) is 4.35. The molecule has 6 nitrogen and oxygen atoms in total. The monoisotopic (exact) mass is 335 g/mol. The molecule has 2 fully saturated rings. The normalized spacial score (nSPS) is 25.1. The Labute approximate surface area is 143 Å². The van der Waals surface area contributed by atoms with Gasteiger partial charge in [-0.05, 0) is 25.7 Å². The van der Waals surface area contributed by atoms with Crippen LogP contribution in [0.4, 0.5) is 0 Å². The molecule has 3 rings (SSSR count). The van der Waals surface area contributed by atoms with Gasteiger partial charge in [0.15, 0.2) is 0 Å². The number of aryl methyl sites for hydroxylation is 1. The molecule has 2 aliphatic carbocycles. The van der Waals surface area contributed by atoms with Gasteiger partial charge in [-0.3, -0.25) is 4.79 Å². The van der Waals surface area contributed by atoms with E-state index in [0.717, 1.165) is 44.4 Å². The highest BCUT2D eigenvalue weighted by Crippen LogP contribution is 2.33. The molecule has 1 heterocycles. The van der Waals surface area contributed by atoms with E-state index in [2.05, 4.69) is 10.2 Å². The predicted octanol–water partition coefficient (Wildman–Crippen LogP) is 2.67. The minimum absolute atomic E-state index is 0.0772. The molecular formula is C18H29N3O3. The van der Waals surface area contributed by atoms with Crippen LogP contribution in [0.2, 0.25) is 0 Å². The number of rotatable bonds is 6. The van der Waals surface area contributed by atoms with Gasteiger partial charge < -0.3 is 14.4 Å². The standard InChI is InChI=1S/C18H29N3O3/c1-21(12-14-8-4-5-9-15(14)22)17(23)11-10-16-19-20-18(24-16)13-6-2-3-7-13/h13-15,22H,2-12H2,1H3. The molecule has 0 aromatic carbocycles. The molecule has 1 amide bonds. The SMILES string of the molecule is CN(CC1CCCCC1O)C(=O)CCc1nnc(C2CCCC2)o1. The van der Waals surface area contributed by atoms with E-state index in [1.807, 2.05) is 7.05 Å². The zero-order valence-electron chi connectivity index (χ0n) is 14.6. The van der Waals surface area contributed by atoms with Gasteiger partial charge in [-0.15, -0.1) is 10.2 Å². The van der Waals surface area contributed by atoms with Crippen LogP contribution in [0.25, 0.3) is 0 Å². The van der Waals surface area contributed by atoms with Crippen molar-refractivity contribution in [3.8, 4) is 0 Å². The van der Waals surface area contributed by atoms with Gasteiger partial charge in [-0.25, -0.2) is 0 Å². The van der Waals surface area contributed by atoms with E-state index in [0.29, 0.717) is 31.2 Å². The van der Waals surface area contributed by atoms with Crippen molar-refractivity contribution in [3.05, 3.63) is 11.8 Å². The van der Waals surface area contributed by atoms with Gasteiger partial charge in [0.2, 0.25) is 17.7 Å². The maximum atomic E-state index is 12.3. The number of aliphatic hydroxyl groups excluding tert-OH is 1. The van der Waals surface area contributed by atoms with Gasteiger partial charge in [0.05, 0.1) is 6.10 Å². The van der Waals surface area contributed by atoms with Crippen LogP contribution >= 0.6 is 0 Å². The molecule has 134 valence electrons.